The van der Waals surface area contributed by atoms with E-state index in [4.69, 9.17) is 9.47 Å². The molecule has 0 radical (unpaired) electrons. The molecule has 0 spiro atoms. The summed E-state index contributed by atoms with van der Waals surface area (Å²) in [4.78, 5) is 33.6. The summed E-state index contributed by atoms with van der Waals surface area (Å²) in [6.07, 6.45) is 2.26. The van der Waals surface area contributed by atoms with Gasteiger partial charge in [-0.2, -0.15) is 0 Å². The average Bonchev–Trinajstić information content (AvgIpc) is 3.19. The molecule has 3 fully saturated rings. The summed E-state index contributed by atoms with van der Waals surface area (Å²) in [5.74, 6) is 1.37. The first-order valence-corrected chi connectivity index (χ1v) is 11.0. The fraction of sp³-hybridized carbons (Fsp3) is 0.636. The number of carbonyl (C=O) groups is 2. The number of nitrogens with zero attached hydrogens (tertiary/aromatic N) is 4. The quantitative estimate of drug-likeness (QED) is 0.694. The summed E-state index contributed by atoms with van der Waals surface area (Å²) >= 11 is 0. The van der Waals surface area contributed by atoms with E-state index < -0.39 is 0 Å². The van der Waals surface area contributed by atoms with Gasteiger partial charge in [0.05, 0.1) is 14.2 Å². The number of fused-ring (bicyclic) bond motifs is 3. The second kappa shape index (κ2) is 9.02. The molecule has 0 aliphatic carbocycles. The first-order chi connectivity index (χ1) is 15.0. The van der Waals surface area contributed by atoms with Crippen LogP contribution in [-0.4, -0.2) is 97.5 Å². The van der Waals surface area contributed by atoms with Crippen molar-refractivity contribution in [1.82, 2.24) is 24.9 Å². The minimum atomic E-state index is -0.330. The van der Waals surface area contributed by atoms with Crippen LogP contribution in [0.25, 0.3) is 0 Å². The SMILES string of the molecule is CCCN1C(=O)C2C(NC3N(CCc4ccc(OC)c(OC)c4)CCCN23)N(C)C1=O. The maximum atomic E-state index is 13.2. The minimum absolute atomic E-state index is 0.0512. The highest BCUT2D eigenvalue weighted by Gasteiger charge is 2.55. The lowest BCUT2D eigenvalue weighted by atomic mass is 10.1. The molecule has 3 amide bonds. The van der Waals surface area contributed by atoms with Gasteiger partial charge in [-0.15, -0.1) is 0 Å². The van der Waals surface area contributed by atoms with Crippen molar-refractivity contribution in [3.8, 4) is 11.5 Å². The van der Waals surface area contributed by atoms with Crippen LogP contribution in [-0.2, 0) is 11.2 Å². The molecule has 170 valence electrons. The van der Waals surface area contributed by atoms with Gasteiger partial charge in [0.1, 0.15) is 18.5 Å². The van der Waals surface area contributed by atoms with E-state index in [1.54, 1.807) is 26.2 Å². The third-order valence-corrected chi connectivity index (χ3v) is 6.55. The van der Waals surface area contributed by atoms with Crippen molar-refractivity contribution in [2.24, 2.45) is 0 Å². The van der Waals surface area contributed by atoms with Crippen LogP contribution in [0.5, 0.6) is 11.5 Å². The standard InChI is InChI=1S/C22H33N5O4/c1-5-10-27-20(28)18-19(24(2)22(27)29)23-21-25(11-6-12-26(18)21)13-9-15-7-8-16(30-3)17(14-15)31-4/h7-8,14,18-19,21,23H,5-6,9-13H2,1-4H3. The van der Waals surface area contributed by atoms with Crippen molar-refractivity contribution in [2.75, 3.05) is 47.4 Å². The van der Waals surface area contributed by atoms with Crippen molar-refractivity contribution >= 4 is 11.9 Å². The number of carbonyl (C=O) groups excluding carboxylic acids is 2. The first-order valence-electron chi connectivity index (χ1n) is 11.0. The summed E-state index contributed by atoms with van der Waals surface area (Å²) in [6.45, 7) is 5.09. The number of imide groups is 1. The summed E-state index contributed by atoms with van der Waals surface area (Å²) in [7, 11) is 5.06. The first kappa shape index (κ1) is 21.9. The van der Waals surface area contributed by atoms with E-state index in [-0.39, 0.29) is 30.4 Å². The molecule has 1 N–H and O–H groups in total. The third-order valence-electron chi connectivity index (χ3n) is 6.55. The van der Waals surface area contributed by atoms with Crippen LogP contribution in [0.1, 0.15) is 25.3 Å². The fourth-order valence-corrected chi connectivity index (χ4v) is 4.96. The average molecular weight is 432 g/mol. The van der Waals surface area contributed by atoms with Gasteiger partial charge < -0.3 is 14.4 Å². The van der Waals surface area contributed by atoms with Gasteiger partial charge in [0, 0.05) is 33.2 Å². The van der Waals surface area contributed by atoms with Crippen LogP contribution in [0.4, 0.5) is 4.79 Å². The Balaban J connectivity index is 1.48. The molecule has 3 unspecified atom stereocenters. The Morgan fingerprint density at radius 3 is 2.58 bits per heavy atom. The molecular weight excluding hydrogens is 398 g/mol. The van der Waals surface area contributed by atoms with Gasteiger partial charge in [-0.05, 0) is 37.0 Å². The molecule has 3 saturated heterocycles. The molecule has 3 heterocycles. The summed E-state index contributed by atoms with van der Waals surface area (Å²) in [6, 6.07) is 5.46. The van der Waals surface area contributed by atoms with Crippen LogP contribution in [0.2, 0.25) is 0 Å². The fourth-order valence-electron chi connectivity index (χ4n) is 4.96. The Morgan fingerprint density at radius 2 is 1.87 bits per heavy atom. The summed E-state index contributed by atoms with van der Waals surface area (Å²) < 4.78 is 10.8. The summed E-state index contributed by atoms with van der Waals surface area (Å²) in [5, 5.41) is 3.56. The lowest BCUT2D eigenvalue weighted by molar-refractivity contribution is -0.140. The third kappa shape index (κ3) is 3.86. The number of ether oxygens (including phenoxy) is 2. The number of hydrogen-bond acceptors (Lipinski definition) is 7. The zero-order chi connectivity index (χ0) is 22.1. The molecule has 3 aliphatic rings. The molecule has 1 aromatic rings. The van der Waals surface area contributed by atoms with Gasteiger partial charge in [-0.1, -0.05) is 13.0 Å². The Kier molecular flexibility index (Phi) is 6.36. The van der Waals surface area contributed by atoms with Crippen LogP contribution in [0, 0.1) is 0 Å². The monoisotopic (exact) mass is 431 g/mol. The highest BCUT2D eigenvalue weighted by molar-refractivity contribution is 6.00. The van der Waals surface area contributed by atoms with Gasteiger partial charge in [-0.3, -0.25) is 24.8 Å². The zero-order valence-corrected chi connectivity index (χ0v) is 18.8. The highest BCUT2D eigenvalue weighted by Crippen LogP contribution is 2.31. The van der Waals surface area contributed by atoms with E-state index in [2.05, 4.69) is 21.2 Å². The Bertz CT molecular complexity index is 834. The van der Waals surface area contributed by atoms with Crippen molar-refractivity contribution in [3.05, 3.63) is 23.8 Å². The molecule has 3 atom stereocenters. The van der Waals surface area contributed by atoms with Crippen LogP contribution < -0.4 is 14.8 Å². The lowest BCUT2D eigenvalue weighted by Crippen LogP contribution is -2.66. The molecular formula is C22H33N5O4. The topological polar surface area (TPSA) is 77.6 Å². The molecule has 9 heteroatoms. The highest BCUT2D eigenvalue weighted by atomic mass is 16.5. The van der Waals surface area contributed by atoms with Crippen LogP contribution >= 0.6 is 0 Å². The maximum Gasteiger partial charge on any atom is 0.327 e. The van der Waals surface area contributed by atoms with Crippen molar-refractivity contribution in [2.45, 2.75) is 44.7 Å². The molecule has 0 saturated carbocycles. The number of rotatable bonds is 7. The predicted octanol–water partition coefficient (Wildman–Crippen LogP) is 1.14. The number of hydrogen-bond donors (Lipinski definition) is 1. The zero-order valence-electron chi connectivity index (χ0n) is 18.8. The molecule has 3 aliphatic heterocycles. The second-order valence-electron chi connectivity index (χ2n) is 8.38. The largest absolute Gasteiger partial charge is 0.493 e. The number of urea groups is 1. The minimum Gasteiger partial charge on any atom is -0.493 e. The molecule has 31 heavy (non-hydrogen) atoms. The maximum absolute atomic E-state index is 13.2. The van der Waals surface area contributed by atoms with Gasteiger partial charge in [0.25, 0.3) is 5.91 Å². The Labute approximate surface area is 183 Å². The summed E-state index contributed by atoms with van der Waals surface area (Å²) in [5.41, 5.74) is 1.17. The Hall–Kier alpha value is -2.36. The number of benzene rings is 1. The normalized spacial score (nSPS) is 26.8. The number of amides is 3. The van der Waals surface area contributed by atoms with Crippen LogP contribution in [0.15, 0.2) is 18.2 Å². The van der Waals surface area contributed by atoms with E-state index in [1.807, 2.05) is 19.1 Å². The Morgan fingerprint density at radius 1 is 1.10 bits per heavy atom. The van der Waals surface area contributed by atoms with Crippen molar-refractivity contribution < 1.29 is 19.1 Å². The number of likely N-dealkylation sites (N-methyl/N-ethyl adjacent to an activating group) is 1. The van der Waals surface area contributed by atoms with Gasteiger partial charge in [0.2, 0.25) is 0 Å². The van der Waals surface area contributed by atoms with Crippen LogP contribution in [0.3, 0.4) is 0 Å². The smallest absolute Gasteiger partial charge is 0.327 e. The van der Waals surface area contributed by atoms with E-state index in [0.717, 1.165) is 50.4 Å². The van der Waals surface area contributed by atoms with Crippen molar-refractivity contribution in [1.29, 1.82) is 0 Å². The van der Waals surface area contributed by atoms with Crippen molar-refractivity contribution in [3.63, 3.8) is 0 Å². The molecule has 9 nitrogen and oxygen atoms in total. The van der Waals surface area contributed by atoms with E-state index in [0.29, 0.717) is 6.54 Å². The van der Waals surface area contributed by atoms with Gasteiger partial charge in [-0.25, -0.2) is 4.79 Å². The molecule has 0 bridgehead atoms. The number of methoxy groups -OCH3 is 2. The van der Waals surface area contributed by atoms with E-state index in [9.17, 15) is 9.59 Å². The molecule has 1 aromatic carbocycles. The van der Waals surface area contributed by atoms with E-state index in [1.165, 1.54) is 10.5 Å². The number of nitrogens with one attached hydrogen (secondary N) is 1. The van der Waals surface area contributed by atoms with Gasteiger partial charge in [0.15, 0.2) is 11.5 Å². The lowest BCUT2D eigenvalue weighted by Gasteiger charge is -2.43. The predicted molar refractivity (Wildman–Crippen MR) is 116 cm³/mol. The van der Waals surface area contributed by atoms with Gasteiger partial charge >= 0.3 is 6.03 Å². The molecule has 4 rings (SSSR count). The second-order valence-corrected chi connectivity index (χ2v) is 8.38. The molecule has 0 aromatic heterocycles. The van der Waals surface area contributed by atoms with E-state index >= 15 is 0 Å².